The van der Waals surface area contributed by atoms with Gasteiger partial charge in [0.15, 0.2) is 0 Å². The molecule has 6 nitrogen and oxygen atoms in total. The highest BCUT2D eigenvalue weighted by Gasteiger charge is 2.55. The minimum Gasteiger partial charge on any atom is -0.381 e. The van der Waals surface area contributed by atoms with E-state index in [9.17, 15) is 4.79 Å². The van der Waals surface area contributed by atoms with E-state index in [1.54, 1.807) is 18.0 Å². The van der Waals surface area contributed by atoms with Crippen molar-refractivity contribution in [1.82, 2.24) is 20.0 Å². The number of hydrogen-bond acceptors (Lipinski definition) is 3. The zero-order valence-corrected chi connectivity index (χ0v) is 15.2. The molecule has 2 amide bonds. The van der Waals surface area contributed by atoms with Gasteiger partial charge in [-0.2, -0.15) is 5.10 Å². The average Bonchev–Trinajstić information content (AvgIpc) is 2.94. The van der Waals surface area contributed by atoms with Gasteiger partial charge in [-0.05, 0) is 26.2 Å². The number of carbonyl (C=O) groups excluding carboxylic acids is 1. The van der Waals surface area contributed by atoms with Crippen LogP contribution in [0.15, 0.2) is 12.4 Å². The second kappa shape index (κ2) is 6.91. The van der Waals surface area contributed by atoms with Crippen LogP contribution >= 0.6 is 0 Å². The fraction of sp³-hybridized carbons (Fsp3) is 0.765. The normalized spacial score (nSPS) is 23.9. The Bertz CT molecular complexity index is 538. The number of methoxy groups -OCH3 is 1. The lowest BCUT2D eigenvalue weighted by Gasteiger charge is -2.57. The molecule has 0 radical (unpaired) electrons. The Labute approximate surface area is 139 Å². The van der Waals surface area contributed by atoms with Crippen molar-refractivity contribution in [1.29, 1.82) is 0 Å². The van der Waals surface area contributed by atoms with E-state index in [2.05, 4.69) is 24.3 Å². The third-order valence-corrected chi connectivity index (χ3v) is 5.70. The van der Waals surface area contributed by atoms with Gasteiger partial charge in [-0.15, -0.1) is 0 Å². The molecule has 1 aromatic rings. The summed E-state index contributed by atoms with van der Waals surface area (Å²) in [5.74, 6) is 0. The van der Waals surface area contributed by atoms with E-state index in [4.69, 9.17) is 4.74 Å². The van der Waals surface area contributed by atoms with Crippen LogP contribution in [-0.4, -0.2) is 47.0 Å². The van der Waals surface area contributed by atoms with E-state index in [-0.39, 0.29) is 29.6 Å². The standard InChI is InChI=1S/C17H30N4O2/c1-7-17(8-2)14(9-15(17)23-6)21(5)16(22)19-12(3)13-10-18-20(4)11-13/h10-12,14-15H,7-9H2,1-6H3,(H,19,22)/t12-,14-,15-/m1/s1. The number of hydrogen-bond donors (Lipinski definition) is 1. The summed E-state index contributed by atoms with van der Waals surface area (Å²) in [5, 5.41) is 7.23. The fourth-order valence-corrected chi connectivity index (χ4v) is 3.95. The quantitative estimate of drug-likeness (QED) is 0.876. The van der Waals surface area contributed by atoms with Gasteiger partial charge in [-0.25, -0.2) is 4.79 Å². The molecule has 0 bridgehead atoms. The topological polar surface area (TPSA) is 59.4 Å². The maximum Gasteiger partial charge on any atom is 0.317 e. The van der Waals surface area contributed by atoms with Crippen molar-refractivity contribution in [3.05, 3.63) is 18.0 Å². The number of urea groups is 1. The van der Waals surface area contributed by atoms with E-state index >= 15 is 0 Å². The molecular weight excluding hydrogens is 292 g/mol. The van der Waals surface area contributed by atoms with Crippen LogP contribution in [0.2, 0.25) is 0 Å². The highest BCUT2D eigenvalue weighted by atomic mass is 16.5. The van der Waals surface area contributed by atoms with Crippen LogP contribution in [0.5, 0.6) is 0 Å². The predicted molar refractivity (Wildman–Crippen MR) is 90.1 cm³/mol. The molecule has 1 aliphatic rings. The van der Waals surface area contributed by atoms with Gasteiger partial charge < -0.3 is 15.0 Å². The minimum absolute atomic E-state index is 0.0350. The summed E-state index contributed by atoms with van der Waals surface area (Å²) in [5.41, 5.74) is 1.08. The smallest absolute Gasteiger partial charge is 0.317 e. The van der Waals surface area contributed by atoms with E-state index in [0.717, 1.165) is 24.8 Å². The van der Waals surface area contributed by atoms with Crippen LogP contribution < -0.4 is 5.32 Å². The van der Waals surface area contributed by atoms with E-state index in [0.29, 0.717) is 0 Å². The molecule has 0 spiro atoms. The second-order valence-corrected chi connectivity index (χ2v) is 6.65. The first-order valence-electron chi connectivity index (χ1n) is 8.44. The predicted octanol–water partition coefficient (Wildman–Crippen LogP) is 2.72. The van der Waals surface area contributed by atoms with Crippen molar-refractivity contribution in [2.24, 2.45) is 12.5 Å². The number of nitrogens with zero attached hydrogens (tertiary/aromatic N) is 3. The largest absolute Gasteiger partial charge is 0.381 e. The molecule has 0 aliphatic heterocycles. The Morgan fingerprint density at radius 3 is 2.70 bits per heavy atom. The summed E-state index contributed by atoms with van der Waals surface area (Å²) in [6, 6.07) is 0.130. The Morgan fingerprint density at radius 2 is 2.22 bits per heavy atom. The van der Waals surface area contributed by atoms with Gasteiger partial charge >= 0.3 is 6.03 Å². The summed E-state index contributed by atoms with van der Waals surface area (Å²) in [6.45, 7) is 6.35. The zero-order chi connectivity index (χ0) is 17.2. The summed E-state index contributed by atoms with van der Waals surface area (Å²) in [7, 11) is 5.54. The molecule has 2 rings (SSSR count). The summed E-state index contributed by atoms with van der Waals surface area (Å²) >= 11 is 0. The van der Waals surface area contributed by atoms with Gasteiger partial charge in [0.05, 0.1) is 18.3 Å². The lowest BCUT2D eigenvalue weighted by molar-refractivity contribution is -0.146. The molecule has 1 fully saturated rings. The van der Waals surface area contributed by atoms with Crippen molar-refractivity contribution in [2.75, 3.05) is 14.2 Å². The molecule has 130 valence electrons. The maximum absolute atomic E-state index is 12.6. The molecular formula is C17H30N4O2. The SMILES string of the molecule is CCC1(CC)[C@H](OC)C[C@H]1N(C)C(=O)N[C@H](C)c1cnn(C)c1. The van der Waals surface area contributed by atoms with E-state index < -0.39 is 0 Å². The van der Waals surface area contributed by atoms with Crippen LogP contribution in [0.25, 0.3) is 0 Å². The van der Waals surface area contributed by atoms with Gasteiger partial charge in [0.2, 0.25) is 0 Å². The van der Waals surface area contributed by atoms with Crippen molar-refractivity contribution < 1.29 is 9.53 Å². The first kappa shape index (κ1) is 17.8. The van der Waals surface area contributed by atoms with Gasteiger partial charge in [-0.1, -0.05) is 13.8 Å². The van der Waals surface area contributed by atoms with Crippen molar-refractivity contribution in [2.45, 2.75) is 58.2 Å². The summed E-state index contributed by atoms with van der Waals surface area (Å²) in [4.78, 5) is 14.5. The minimum atomic E-state index is -0.0606. The van der Waals surface area contributed by atoms with Crippen LogP contribution in [0.4, 0.5) is 4.79 Å². The highest BCUT2D eigenvalue weighted by molar-refractivity contribution is 5.75. The Kier molecular flexibility index (Phi) is 5.34. The molecule has 0 unspecified atom stereocenters. The maximum atomic E-state index is 12.6. The van der Waals surface area contributed by atoms with Gasteiger partial charge in [0, 0.05) is 44.4 Å². The molecule has 6 heteroatoms. The van der Waals surface area contributed by atoms with Crippen molar-refractivity contribution in [3.63, 3.8) is 0 Å². The zero-order valence-electron chi connectivity index (χ0n) is 15.2. The molecule has 0 saturated heterocycles. The number of rotatable bonds is 6. The Morgan fingerprint density at radius 1 is 1.57 bits per heavy atom. The molecule has 23 heavy (non-hydrogen) atoms. The van der Waals surface area contributed by atoms with Crippen molar-refractivity contribution >= 4 is 6.03 Å². The number of amides is 2. The first-order valence-corrected chi connectivity index (χ1v) is 8.44. The van der Waals surface area contributed by atoms with E-state index in [1.165, 1.54) is 0 Å². The summed E-state index contributed by atoms with van der Waals surface area (Å²) < 4.78 is 7.37. The van der Waals surface area contributed by atoms with Crippen LogP contribution in [0, 0.1) is 5.41 Å². The number of aryl methyl sites for hydroxylation is 1. The number of carbonyl (C=O) groups is 1. The molecule has 1 aromatic heterocycles. The first-order chi connectivity index (χ1) is 10.9. The average molecular weight is 322 g/mol. The number of aromatic nitrogens is 2. The van der Waals surface area contributed by atoms with Gasteiger partial charge in [0.1, 0.15) is 0 Å². The molecule has 1 heterocycles. The molecule has 1 N–H and O–H groups in total. The highest BCUT2D eigenvalue weighted by Crippen LogP contribution is 2.50. The van der Waals surface area contributed by atoms with Crippen molar-refractivity contribution in [3.8, 4) is 0 Å². The second-order valence-electron chi connectivity index (χ2n) is 6.65. The van der Waals surface area contributed by atoms with Gasteiger partial charge in [-0.3, -0.25) is 4.68 Å². The lowest BCUT2D eigenvalue weighted by Crippen LogP contribution is -2.65. The van der Waals surface area contributed by atoms with Crippen LogP contribution in [-0.2, 0) is 11.8 Å². The fourth-order valence-electron chi connectivity index (χ4n) is 3.95. The molecule has 3 atom stereocenters. The monoisotopic (exact) mass is 322 g/mol. The van der Waals surface area contributed by atoms with E-state index in [1.807, 2.05) is 32.1 Å². The number of nitrogens with one attached hydrogen (secondary N) is 1. The molecule has 1 saturated carbocycles. The Balaban J connectivity index is 2.02. The lowest BCUT2D eigenvalue weighted by atomic mass is 9.58. The summed E-state index contributed by atoms with van der Waals surface area (Å²) in [6.07, 6.45) is 6.90. The third kappa shape index (κ3) is 3.09. The molecule has 0 aromatic carbocycles. The van der Waals surface area contributed by atoms with Crippen LogP contribution in [0.3, 0.4) is 0 Å². The Hall–Kier alpha value is -1.56. The third-order valence-electron chi connectivity index (χ3n) is 5.70. The van der Waals surface area contributed by atoms with Crippen LogP contribution in [0.1, 0.15) is 51.6 Å². The van der Waals surface area contributed by atoms with Gasteiger partial charge in [0.25, 0.3) is 0 Å². The number of ether oxygens (including phenoxy) is 1. The molecule has 1 aliphatic carbocycles.